The van der Waals surface area contributed by atoms with Crippen molar-refractivity contribution >= 4 is 55.7 Å². The molecule has 8 aliphatic carbocycles. The molecule has 0 spiro atoms. The summed E-state index contributed by atoms with van der Waals surface area (Å²) in [4.78, 5) is 5.48. The topological polar surface area (TPSA) is 6.48 Å². The van der Waals surface area contributed by atoms with Crippen molar-refractivity contribution in [2.75, 3.05) is 9.80 Å². The highest BCUT2D eigenvalue weighted by Gasteiger charge is 2.44. The molecule has 12 aromatic carbocycles. The third-order valence-corrected chi connectivity index (χ3v) is 30.3. The fourth-order valence-corrected chi connectivity index (χ4v) is 23.9. The summed E-state index contributed by atoms with van der Waals surface area (Å²) >= 11 is 0. The van der Waals surface area contributed by atoms with Gasteiger partial charge in [0.25, 0.3) is 0 Å². The Morgan fingerprint density at radius 3 is 0.754 bits per heavy atom. The Hall–Kier alpha value is -9.24. The van der Waals surface area contributed by atoms with E-state index in [1.165, 1.54) is 241 Å². The van der Waals surface area contributed by atoms with Crippen LogP contribution in [0.15, 0.2) is 243 Å². The molecular formula is C112H120N2. The highest BCUT2D eigenvalue weighted by Crippen LogP contribution is 2.60. The van der Waals surface area contributed by atoms with E-state index in [2.05, 4.69) is 336 Å². The van der Waals surface area contributed by atoms with Gasteiger partial charge in [-0.05, 0) is 337 Å². The first-order valence-corrected chi connectivity index (χ1v) is 44.6. The number of rotatable bonds is 15. The lowest BCUT2D eigenvalue weighted by Gasteiger charge is -2.36. The van der Waals surface area contributed by atoms with Gasteiger partial charge in [-0.15, -0.1) is 0 Å². The highest BCUT2D eigenvalue weighted by molar-refractivity contribution is 6.24. The van der Waals surface area contributed by atoms with Gasteiger partial charge in [-0.25, -0.2) is 0 Å². The minimum absolute atomic E-state index is 0.162. The molecule has 0 radical (unpaired) electrons. The molecule has 0 saturated heterocycles. The predicted octanol–water partition coefficient (Wildman–Crippen LogP) is 32.1. The average Bonchev–Trinajstić information content (AvgIpc) is 0.949. The summed E-state index contributed by atoms with van der Waals surface area (Å²) in [6, 6.07) is 98.9. The molecule has 8 fully saturated rings. The van der Waals surface area contributed by atoms with Crippen LogP contribution in [0.4, 0.5) is 34.1 Å². The Kier molecular flexibility index (Phi) is 18.3. The number of fused-ring (bicyclic) bond motifs is 10. The molecule has 12 aromatic rings. The van der Waals surface area contributed by atoms with Gasteiger partial charge >= 0.3 is 0 Å². The third kappa shape index (κ3) is 13.7. The first kappa shape index (κ1) is 73.6. The van der Waals surface area contributed by atoms with Crippen LogP contribution >= 0.6 is 0 Å². The SMILES string of the molecule is CC(C)(C)c1cc(N(c2cc(-c3ccc(C4CC5CCC4C5)cc3)cc(-c3ccc(C4CC5CCC4C5)cc3)c2)c2c3ccccc3c(N(c3cc(-c4ccc(C5CC6CCC5C6)cc4)cc(-c4ccc(C5CC6CCC5C6)cc4)c3)c3cc(C(C)(C)C)cc(C(C)(C)C)c3)c3cc(-c4ccccc4)ccc23)cc(C(C)(C)C)c1. The van der Waals surface area contributed by atoms with Crippen molar-refractivity contribution in [2.24, 2.45) is 47.3 Å². The Morgan fingerprint density at radius 2 is 0.474 bits per heavy atom. The summed E-state index contributed by atoms with van der Waals surface area (Å²) in [7, 11) is 0. The highest BCUT2D eigenvalue weighted by atomic mass is 15.2. The van der Waals surface area contributed by atoms with Gasteiger partial charge in [0.2, 0.25) is 0 Å². The first-order valence-electron chi connectivity index (χ1n) is 44.6. The van der Waals surface area contributed by atoms with E-state index in [0.717, 1.165) is 64.4 Å². The molecule has 8 aliphatic rings. The van der Waals surface area contributed by atoms with E-state index in [0.29, 0.717) is 23.7 Å². The van der Waals surface area contributed by atoms with Crippen molar-refractivity contribution in [1.29, 1.82) is 0 Å². The molecule has 0 heterocycles. The minimum atomic E-state index is -0.166. The zero-order valence-electron chi connectivity index (χ0n) is 70.2. The van der Waals surface area contributed by atoms with Crippen LogP contribution in [0.2, 0.25) is 0 Å². The molecule has 2 nitrogen and oxygen atoms in total. The van der Waals surface area contributed by atoms with Gasteiger partial charge in [0.15, 0.2) is 0 Å². The smallest absolute Gasteiger partial charge is 0.0620 e. The average molecular weight is 1490 g/mol. The van der Waals surface area contributed by atoms with E-state index in [4.69, 9.17) is 0 Å². The monoisotopic (exact) mass is 1490 g/mol. The van der Waals surface area contributed by atoms with Gasteiger partial charge < -0.3 is 9.80 Å². The van der Waals surface area contributed by atoms with Crippen LogP contribution in [0, 0.1) is 47.3 Å². The normalized spacial score (nSPS) is 24.3. The Labute approximate surface area is 682 Å². The zero-order valence-corrected chi connectivity index (χ0v) is 70.2. The first-order chi connectivity index (χ1) is 54.9. The van der Waals surface area contributed by atoms with E-state index in [1.54, 1.807) is 0 Å². The summed E-state index contributed by atoms with van der Waals surface area (Å²) in [5, 5.41) is 4.77. The van der Waals surface area contributed by atoms with Gasteiger partial charge in [0.1, 0.15) is 0 Å². The fourth-order valence-electron chi connectivity index (χ4n) is 23.9. The zero-order chi connectivity index (χ0) is 77.8. The van der Waals surface area contributed by atoms with E-state index in [1.807, 2.05) is 0 Å². The maximum atomic E-state index is 2.75. The molecule has 0 amide bonds. The summed E-state index contributed by atoms with van der Waals surface area (Å²) < 4.78 is 0. The molecule has 0 aromatic heterocycles. The Balaban J connectivity index is 0.864. The van der Waals surface area contributed by atoms with Crippen molar-refractivity contribution in [3.8, 4) is 55.6 Å². The van der Waals surface area contributed by atoms with Crippen LogP contribution in [0.3, 0.4) is 0 Å². The van der Waals surface area contributed by atoms with Gasteiger partial charge in [-0.1, -0.05) is 285 Å². The van der Waals surface area contributed by atoms with E-state index < -0.39 is 0 Å². The number of hydrogen-bond acceptors (Lipinski definition) is 2. The second-order valence-electron chi connectivity index (χ2n) is 41.7. The molecule has 8 saturated carbocycles. The summed E-state index contributed by atoms with van der Waals surface area (Å²) in [5.74, 6) is 9.45. The largest absolute Gasteiger partial charge is 0.309 e. The molecule has 12 unspecified atom stereocenters. The second kappa shape index (κ2) is 28.3. The van der Waals surface area contributed by atoms with Crippen LogP contribution in [0.5, 0.6) is 0 Å². The van der Waals surface area contributed by atoms with Gasteiger partial charge in [-0.3, -0.25) is 0 Å². The van der Waals surface area contributed by atoms with Crippen LogP contribution in [0.1, 0.15) is 254 Å². The van der Waals surface area contributed by atoms with Crippen molar-refractivity contribution < 1.29 is 0 Å². The molecule has 8 bridgehead atoms. The summed E-state index contributed by atoms with van der Waals surface area (Å²) in [5.41, 5.74) is 30.1. The number of hydrogen-bond donors (Lipinski definition) is 0. The molecule has 0 aliphatic heterocycles. The van der Waals surface area contributed by atoms with Gasteiger partial charge in [0, 0.05) is 44.3 Å². The van der Waals surface area contributed by atoms with Crippen LogP contribution in [0.25, 0.3) is 77.2 Å². The number of nitrogens with zero attached hydrogens (tertiary/aromatic N) is 2. The van der Waals surface area contributed by atoms with Crippen molar-refractivity contribution in [3.63, 3.8) is 0 Å². The molecular weight excluding hydrogens is 1370 g/mol. The van der Waals surface area contributed by atoms with Gasteiger partial charge in [0.05, 0.1) is 11.4 Å². The molecule has 114 heavy (non-hydrogen) atoms. The second-order valence-corrected chi connectivity index (χ2v) is 41.7. The fraction of sp³-hybridized carbons (Fsp3) is 0.393. The van der Waals surface area contributed by atoms with Crippen molar-refractivity contribution in [3.05, 3.63) is 287 Å². The van der Waals surface area contributed by atoms with E-state index in [-0.39, 0.29) is 21.7 Å². The third-order valence-electron chi connectivity index (χ3n) is 30.3. The predicted molar refractivity (Wildman–Crippen MR) is 486 cm³/mol. The molecule has 20 rings (SSSR count). The van der Waals surface area contributed by atoms with Crippen LogP contribution in [-0.4, -0.2) is 0 Å². The molecule has 578 valence electrons. The lowest BCUT2D eigenvalue weighted by atomic mass is 9.80. The van der Waals surface area contributed by atoms with E-state index >= 15 is 0 Å². The minimum Gasteiger partial charge on any atom is -0.309 e. The summed E-state index contributed by atoms with van der Waals surface area (Å²) in [6.45, 7) is 28.9. The quantitative estimate of drug-likeness (QED) is 0.0746. The maximum absolute atomic E-state index is 2.75. The van der Waals surface area contributed by atoms with Crippen LogP contribution < -0.4 is 9.80 Å². The standard InChI is InChI=1S/C112H120N2/c1-109(2,3)91-63-92(110(4,5)6)66-97(65-91)113(95-58-87(74-30-38-78(39-31-74)102-52-69-22-26-83(102)48-69)56-88(59-95)75-32-40-79(41-33-75)103-53-70-23-27-84(103)49-70)107-99-20-16-17-21-100(99)108(106-62-82(46-47-101(106)107)73-18-14-13-15-19-73)114(98-67-93(111(7,8)9)64-94(68-98)112(10,11)12)96-60-89(76-34-42-80(43-35-76)104-54-71-24-28-85(104)50-71)57-90(61-96)77-36-44-81(45-37-77)105-55-72-25-29-86(105)51-72/h13-21,30-47,56-72,83-86,102-105H,22-29,48-55H2,1-12H3. The van der Waals surface area contributed by atoms with Crippen LogP contribution in [-0.2, 0) is 21.7 Å². The Morgan fingerprint density at radius 1 is 0.211 bits per heavy atom. The van der Waals surface area contributed by atoms with Crippen molar-refractivity contribution in [1.82, 2.24) is 0 Å². The molecule has 0 N–H and O–H groups in total. The lowest BCUT2D eigenvalue weighted by molar-refractivity contribution is 0.420. The Bertz CT molecular complexity index is 5380. The lowest BCUT2D eigenvalue weighted by Crippen LogP contribution is -2.20. The van der Waals surface area contributed by atoms with Gasteiger partial charge in [-0.2, -0.15) is 0 Å². The van der Waals surface area contributed by atoms with E-state index in [9.17, 15) is 0 Å². The number of anilines is 6. The number of benzene rings is 12. The molecule has 2 heteroatoms. The van der Waals surface area contributed by atoms with Crippen molar-refractivity contribution in [2.45, 2.75) is 231 Å². The summed E-state index contributed by atoms with van der Waals surface area (Å²) in [6.07, 6.45) is 22.1. The molecule has 12 atom stereocenters. The maximum Gasteiger partial charge on any atom is 0.0620 e.